The van der Waals surface area contributed by atoms with Gasteiger partial charge in [0.1, 0.15) is 0 Å². The quantitative estimate of drug-likeness (QED) is 0.206. The van der Waals surface area contributed by atoms with Crippen LogP contribution in [-0.4, -0.2) is 8.56 Å². The van der Waals surface area contributed by atoms with Gasteiger partial charge in [0, 0.05) is 28.0 Å². The number of hydrazine groups is 1. The van der Waals surface area contributed by atoms with E-state index >= 15 is 0 Å². The third kappa shape index (κ3) is 4.87. The molecule has 4 aromatic carbocycles. The van der Waals surface area contributed by atoms with E-state index in [4.69, 9.17) is 6.58 Å². The second-order valence-electron chi connectivity index (χ2n) is 14.1. The predicted octanol–water partition coefficient (Wildman–Crippen LogP) is 10.6. The van der Waals surface area contributed by atoms with Gasteiger partial charge in [-0.25, -0.2) is 0 Å². The van der Waals surface area contributed by atoms with E-state index in [2.05, 4.69) is 179 Å². The minimum Gasteiger partial charge on any atom is -0.332 e. The normalized spacial score (nSPS) is 17.9. The van der Waals surface area contributed by atoms with Gasteiger partial charge in [0.25, 0.3) is 0 Å². The highest BCUT2D eigenvalue weighted by Crippen LogP contribution is 2.51. The van der Waals surface area contributed by atoms with Gasteiger partial charge in [0.05, 0.1) is 11.4 Å². The summed E-state index contributed by atoms with van der Waals surface area (Å²) in [6.07, 6.45) is 2.32. The second kappa shape index (κ2) is 12.2. The number of hydrogen-bond acceptors (Lipinski definition) is 4. The number of nitrogens with one attached hydrogen (secondary N) is 1. The lowest BCUT2D eigenvalue weighted by molar-refractivity contribution is 0.820. The molecule has 46 heavy (non-hydrogen) atoms. The number of benzene rings is 4. The summed E-state index contributed by atoms with van der Waals surface area (Å²) >= 11 is 0. The van der Waals surface area contributed by atoms with Crippen molar-refractivity contribution in [2.24, 2.45) is 0 Å². The van der Waals surface area contributed by atoms with Crippen LogP contribution in [0, 0.1) is 0 Å². The molecule has 6 rings (SSSR count). The van der Waals surface area contributed by atoms with Gasteiger partial charge >= 0.3 is 8.56 Å². The van der Waals surface area contributed by atoms with Crippen LogP contribution in [0.25, 0.3) is 0 Å². The lowest BCUT2D eigenvalue weighted by Crippen LogP contribution is -2.81. The van der Waals surface area contributed by atoms with Gasteiger partial charge in [-0.2, -0.15) is 0 Å². The third-order valence-electron chi connectivity index (χ3n) is 9.62. The molecule has 238 valence electrons. The average Bonchev–Trinajstić information content (AvgIpc) is 3.35. The van der Waals surface area contributed by atoms with Crippen LogP contribution in [0.3, 0.4) is 0 Å². The molecule has 5 heteroatoms. The molecule has 0 aromatic heterocycles. The Morgan fingerprint density at radius 3 is 1.52 bits per heavy atom. The Morgan fingerprint density at radius 1 is 0.565 bits per heavy atom. The topological polar surface area (TPSA) is 21.8 Å². The zero-order chi connectivity index (χ0) is 32.9. The number of hydrogen-bond donors (Lipinski definition) is 1. The van der Waals surface area contributed by atoms with E-state index in [0.717, 1.165) is 17.1 Å². The van der Waals surface area contributed by atoms with E-state index in [-0.39, 0.29) is 0 Å². The molecule has 1 atom stereocenters. The number of allylic oxidation sites excluding steroid dienone is 2. The van der Waals surface area contributed by atoms with Crippen LogP contribution >= 0.6 is 0 Å². The molecule has 0 radical (unpaired) electrons. The Morgan fingerprint density at radius 2 is 1.02 bits per heavy atom. The van der Waals surface area contributed by atoms with Crippen molar-refractivity contribution >= 4 is 36.5 Å². The molecular formula is C41H50N4Si. The molecule has 0 amide bonds. The van der Waals surface area contributed by atoms with Crippen LogP contribution in [0.1, 0.15) is 108 Å². The Hall–Kier alpha value is -4.22. The van der Waals surface area contributed by atoms with E-state index in [0.29, 0.717) is 23.7 Å². The summed E-state index contributed by atoms with van der Waals surface area (Å²) < 4.78 is 7.98. The minimum atomic E-state index is -3.27. The Balaban J connectivity index is 1.86. The molecule has 0 aliphatic carbocycles. The smallest absolute Gasteiger partial charge is 0.332 e. The SMILES string of the molecule is C=C1C=C(C)N(c2c(C(C)C)cccc2C(C)C)[Si]2(c3ccccc3NN2c2ccccc2)N1c1c(C(C)C)cccc1C(C)C. The molecule has 2 aliphatic heterocycles. The van der Waals surface area contributed by atoms with Crippen molar-refractivity contribution in [2.45, 2.75) is 86.0 Å². The molecule has 2 heterocycles. The molecular weight excluding hydrogens is 577 g/mol. The van der Waals surface area contributed by atoms with E-state index in [9.17, 15) is 0 Å². The van der Waals surface area contributed by atoms with Crippen molar-refractivity contribution in [1.82, 2.24) is 0 Å². The summed E-state index contributed by atoms with van der Waals surface area (Å²) in [5, 5.41) is 1.33. The lowest BCUT2D eigenvalue weighted by Gasteiger charge is -2.56. The van der Waals surface area contributed by atoms with Crippen LogP contribution < -0.4 is 24.4 Å². The number of rotatable bonds is 7. The second-order valence-corrected chi connectivity index (χ2v) is 17.3. The van der Waals surface area contributed by atoms with Gasteiger partial charge in [-0.15, -0.1) is 0 Å². The zero-order valence-electron chi connectivity index (χ0n) is 29.1. The molecule has 2 aliphatic rings. The molecule has 1 unspecified atom stereocenters. The van der Waals surface area contributed by atoms with Gasteiger partial charge < -0.3 is 14.6 Å². The summed E-state index contributed by atoms with van der Waals surface area (Å²) in [6.45, 7) is 25.8. The number of nitrogens with zero attached hydrogens (tertiary/aromatic N) is 3. The molecule has 0 saturated heterocycles. The molecule has 1 N–H and O–H groups in total. The molecule has 0 fully saturated rings. The number of para-hydroxylation sites is 4. The first-order chi connectivity index (χ1) is 22.0. The van der Waals surface area contributed by atoms with Gasteiger partial charge in [-0.05, 0) is 77.1 Å². The summed E-state index contributed by atoms with van der Waals surface area (Å²) in [6, 6.07) is 33.7. The van der Waals surface area contributed by atoms with Gasteiger partial charge in [0.2, 0.25) is 0 Å². The first kappa shape index (κ1) is 31.7. The summed E-state index contributed by atoms with van der Waals surface area (Å²) in [4.78, 5) is 0. The molecule has 4 aromatic rings. The summed E-state index contributed by atoms with van der Waals surface area (Å²) in [5.74, 6) is 1.35. The van der Waals surface area contributed by atoms with Crippen molar-refractivity contribution in [3.63, 3.8) is 0 Å². The molecule has 1 spiro atoms. The first-order valence-electron chi connectivity index (χ1n) is 16.9. The van der Waals surface area contributed by atoms with E-state index in [1.54, 1.807) is 0 Å². The lowest BCUT2D eigenvalue weighted by atomic mass is 9.92. The standard InChI is InChI=1S/C41H50N4Si/c1-27(2)34-20-16-21-35(28(3)4)40(34)43-31(9)26-32(10)44(41-36(29(5)6)22-17-23-37(41)30(7)8)46(43)39-25-15-14-24-38(39)42-45(46)33-18-12-11-13-19-33/h11-30,42H,9H2,1-8,10H3. The zero-order valence-corrected chi connectivity index (χ0v) is 30.1. The molecule has 0 saturated carbocycles. The maximum Gasteiger partial charge on any atom is 0.444 e. The average molecular weight is 627 g/mol. The van der Waals surface area contributed by atoms with Crippen molar-refractivity contribution in [3.8, 4) is 0 Å². The van der Waals surface area contributed by atoms with Gasteiger partial charge in [-0.3, -0.25) is 4.67 Å². The monoisotopic (exact) mass is 626 g/mol. The van der Waals surface area contributed by atoms with E-state index < -0.39 is 8.56 Å². The minimum absolute atomic E-state index is 0.331. The van der Waals surface area contributed by atoms with E-state index in [1.807, 2.05) is 0 Å². The van der Waals surface area contributed by atoms with Crippen LogP contribution in [-0.2, 0) is 0 Å². The maximum atomic E-state index is 4.89. The van der Waals surface area contributed by atoms with Crippen LogP contribution in [0.2, 0.25) is 0 Å². The fraction of sp³-hybridized carbons (Fsp3) is 0.317. The number of anilines is 4. The number of fused-ring (bicyclic) bond motifs is 2. The van der Waals surface area contributed by atoms with Crippen molar-refractivity contribution < 1.29 is 0 Å². The van der Waals surface area contributed by atoms with Crippen molar-refractivity contribution in [3.05, 3.63) is 137 Å². The molecule has 0 bridgehead atoms. The van der Waals surface area contributed by atoms with Crippen LogP contribution in [0.5, 0.6) is 0 Å². The van der Waals surface area contributed by atoms with Crippen molar-refractivity contribution in [2.75, 3.05) is 19.2 Å². The van der Waals surface area contributed by atoms with Crippen molar-refractivity contribution in [1.29, 1.82) is 0 Å². The Bertz CT molecular complexity index is 1740. The van der Waals surface area contributed by atoms with Crippen LogP contribution in [0.15, 0.2) is 115 Å². The maximum absolute atomic E-state index is 4.89. The Kier molecular flexibility index (Phi) is 8.41. The highest BCUT2D eigenvalue weighted by Gasteiger charge is 2.64. The van der Waals surface area contributed by atoms with E-state index in [1.165, 1.54) is 44.5 Å². The highest BCUT2D eigenvalue weighted by atomic mass is 28.4. The summed E-state index contributed by atoms with van der Waals surface area (Å²) in [7, 11) is -3.27. The predicted molar refractivity (Wildman–Crippen MR) is 201 cm³/mol. The van der Waals surface area contributed by atoms with Gasteiger partial charge in [-0.1, -0.05) is 135 Å². The van der Waals surface area contributed by atoms with Crippen LogP contribution in [0.4, 0.5) is 22.7 Å². The Labute approximate surface area is 278 Å². The first-order valence-corrected chi connectivity index (χ1v) is 18.8. The molecule has 4 nitrogen and oxygen atoms in total. The van der Waals surface area contributed by atoms with Gasteiger partial charge in [0.15, 0.2) is 0 Å². The fourth-order valence-electron chi connectivity index (χ4n) is 7.54. The highest BCUT2D eigenvalue weighted by molar-refractivity contribution is 7.03. The summed E-state index contributed by atoms with van der Waals surface area (Å²) in [5.41, 5.74) is 16.6. The fourth-order valence-corrected chi connectivity index (χ4v) is 12.6. The third-order valence-corrected chi connectivity index (χ3v) is 14.1. The largest absolute Gasteiger partial charge is 0.444 e.